The van der Waals surface area contributed by atoms with E-state index in [2.05, 4.69) is 31.8 Å². The second-order valence-corrected chi connectivity index (χ2v) is 5.67. The highest BCUT2D eigenvalue weighted by atomic mass is 79.9. The largest absolute Gasteiger partial charge is 0.334 e. The molecule has 1 aromatic rings. The van der Waals surface area contributed by atoms with Crippen molar-refractivity contribution in [2.45, 2.75) is 45.1 Å². The number of hydrogen-bond donors (Lipinski definition) is 0. The van der Waals surface area contributed by atoms with Crippen molar-refractivity contribution >= 4 is 15.9 Å². The first-order chi connectivity index (χ1) is 7.33. The number of nitrogens with zero attached hydrogens (tertiary/aromatic N) is 2. The Bertz CT molecular complexity index is 366. The molecule has 1 heterocycles. The predicted octanol–water partition coefficient (Wildman–Crippen LogP) is 2.94. The summed E-state index contributed by atoms with van der Waals surface area (Å²) in [4.78, 5) is 4.55. The fourth-order valence-corrected chi connectivity index (χ4v) is 3.28. The van der Waals surface area contributed by atoms with Gasteiger partial charge in [-0.25, -0.2) is 4.98 Å². The molecule has 3 heteroatoms. The van der Waals surface area contributed by atoms with Gasteiger partial charge >= 0.3 is 0 Å². The summed E-state index contributed by atoms with van der Waals surface area (Å²) in [5.41, 5.74) is 3.45. The topological polar surface area (TPSA) is 17.8 Å². The standard InChI is InChI=1S/C12H17BrN2/c13-7-12(5-6-12)8-15-9-14-10-3-1-2-4-11(10)15/h9H,1-8H2. The number of rotatable bonds is 3. The first-order valence-electron chi connectivity index (χ1n) is 5.92. The highest BCUT2D eigenvalue weighted by Crippen LogP contribution is 2.48. The van der Waals surface area contributed by atoms with E-state index in [-0.39, 0.29) is 0 Å². The lowest BCUT2D eigenvalue weighted by Crippen LogP contribution is -2.16. The Hall–Kier alpha value is -0.310. The molecular weight excluding hydrogens is 252 g/mol. The van der Waals surface area contributed by atoms with Crippen LogP contribution in [-0.2, 0) is 19.4 Å². The van der Waals surface area contributed by atoms with Gasteiger partial charge in [-0.05, 0) is 43.9 Å². The van der Waals surface area contributed by atoms with E-state index in [1.165, 1.54) is 56.5 Å². The molecule has 2 aliphatic carbocycles. The van der Waals surface area contributed by atoms with E-state index in [0.717, 1.165) is 5.33 Å². The van der Waals surface area contributed by atoms with Crippen molar-refractivity contribution in [1.29, 1.82) is 0 Å². The van der Waals surface area contributed by atoms with Gasteiger partial charge in [0.15, 0.2) is 0 Å². The summed E-state index contributed by atoms with van der Waals surface area (Å²) in [6, 6.07) is 0. The zero-order valence-electron chi connectivity index (χ0n) is 9.01. The Labute approximate surface area is 99.2 Å². The number of aromatic nitrogens is 2. The van der Waals surface area contributed by atoms with Gasteiger partial charge in [0.2, 0.25) is 0 Å². The van der Waals surface area contributed by atoms with Crippen molar-refractivity contribution in [3.05, 3.63) is 17.7 Å². The van der Waals surface area contributed by atoms with Gasteiger partial charge in [-0.2, -0.15) is 0 Å². The lowest BCUT2D eigenvalue weighted by atomic mass is 10.0. The average molecular weight is 269 g/mol. The Balaban J connectivity index is 1.83. The van der Waals surface area contributed by atoms with Gasteiger partial charge < -0.3 is 4.57 Å². The molecule has 0 aliphatic heterocycles. The van der Waals surface area contributed by atoms with Crippen LogP contribution in [0.2, 0.25) is 0 Å². The first kappa shape index (κ1) is 9.88. The summed E-state index contributed by atoms with van der Waals surface area (Å²) in [6.07, 6.45) is 9.94. The molecule has 1 saturated carbocycles. The Morgan fingerprint density at radius 3 is 2.87 bits per heavy atom. The maximum atomic E-state index is 4.55. The van der Waals surface area contributed by atoms with Crippen molar-refractivity contribution in [1.82, 2.24) is 9.55 Å². The summed E-state index contributed by atoms with van der Waals surface area (Å²) in [6.45, 7) is 1.18. The van der Waals surface area contributed by atoms with Gasteiger partial charge in [-0.3, -0.25) is 0 Å². The lowest BCUT2D eigenvalue weighted by molar-refractivity contribution is 0.458. The molecule has 3 rings (SSSR count). The number of alkyl halides is 1. The fourth-order valence-electron chi connectivity index (χ4n) is 2.54. The molecule has 2 aliphatic rings. The van der Waals surface area contributed by atoms with Gasteiger partial charge in [0.05, 0.1) is 12.0 Å². The second-order valence-electron chi connectivity index (χ2n) is 5.11. The van der Waals surface area contributed by atoms with Crippen LogP contribution in [0.1, 0.15) is 37.1 Å². The molecule has 0 bridgehead atoms. The van der Waals surface area contributed by atoms with Crippen LogP contribution in [0.25, 0.3) is 0 Å². The highest BCUT2D eigenvalue weighted by molar-refractivity contribution is 9.09. The van der Waals surface area contributed by atoms with E-state index >= 15 is 0 Å². The van der Waals surface area contributed by atoms with Crippen LogP contribution in [0, 0.1) is 5.41 Å². The van der Waals surface area contributed by atoms with Crippen molar-refractivity contribution in [2.75, 3.05) is 5.33 Å². The molecule has 0 saturated heterocycles. The molecule has 2 nitrogen and oxygen atoms in total. The van der Waals surface area contributed by atoms with Crippen LogP contribution in [-0.4, -0.2) is 14.9 Å². The van der Waals surface area contributed by atoms with Gasteiger partial charge in [0.1, 0.15) is 0 Å². The van der Waals surface area contributed by atoms with Crippen LogP contribution >= 0.6 is 15.9 Å². The molecule has 1 aromatic heterocycles. The first-order valence-corrected chi connectivity index (χ1v) is 7.04. The molecule has 82 valence electrons. The van der Waals surface area contributed by atoms with Crippen LogP contribution < -0.4 is 0 Å². The minimum atomic E-state index is 0.561. The monoisotopic (exact) mass is 268 g/mol. The molecule has 15 heavy (non-hydrogen) atoms. The van der Waals surface area contributed by atoms with Crippen molar-refractivity contribution in [3.8, 4) is 0 Å². The molecule has 0 radical (unpaired) electrons. The molecule has 0 spiro atoms. The van der Waals surface area contributed by atoms with E-state index in [1.54, 1.807) is 0 Å². The smallest absolute Gasteiger partial charge is 0.0951 e. The molecule has 0 amide bonds. The average Bonchev–Trinajstić information content (AvgIpc) is 2.95. The fraction of sp³-hybridized carbons (Fsp3) is 0.750. The SMILES string of the molecule is BrCC1(Cn2cnc3c2CCCC3)CC1. The number of halogens is 1. The number of aryl methyl sites for hydroxylation is 1. The molecule has 0 atom stereocenters. The number of fused-ring (bicyclic) bond motifs is 1. The number of hydrogen-bond acceptors (Lipinski definition) is 1. The summed E-state index contributed by atoms with van der Waals surface area (Å²) < 4.78 is 2.42. The van der Waals surface area contributed by atoms with Crippen LogP contribution in [0.3, 0.4) is 0 Å². The zero-order valence-corrected chi connectivity index (χ0v) is 10.6. The van der Waals surface area contributed by atoms with E-state index in [0.29, 0.717) is 5.41 Å². The molecule has 1 fully saturated rings. The maximum Gasteiger partial charge on any atom is 0.0951 e. The third kappa shape index (κ3) is 1.75. The number of imidazole rings is 1. The van der Waals surface area contributed by atoms with E-state index in [1.807, 2.05) is 0 Å². The predicted molar refractivity (Wildman–Crippen MR) is 64.3 cm³/mol. The Morgan fingerprint density at radius 1 is 1.33 bits per heavy atom. The van der Waals surface area contributed by atoms with E-state index in [4.69, 9.17) is 0 Å². The van der Waals surface area contributed by atoms with Gasteiger partial charge in [-0.1, -0.05) is 15.9 Å². The molecule has 0 aromatic carbocycles. The van der Waals surface area contributed by atoms with Crippen molar-refractivity contribution in [3.63, 3.8) is 0 Å². The summed E-state index contributed by atoms with van der Waals surface area (Å²) >= 11 is 3.64. The van der Waals surface area contributed by atoms with Crippen LogP contribution in [0.4, 0.5) is 0 Å². The summed E-state index contributed by atoms with van der Waals surface area (Å²) in [5, 5.41) is 1.15. The molecular formula is C12H17BrN2. The summed E-state index contributed by atoms with van der Waals surface area (Å²) in [5.74, 6) is 0. The highest BCUT2D eigenvalue weighted by Gasteiger charge is 2.42. The van der Waals surface area contributed by atoms with E-state index in [9.17, 15) is 0 Å². The minimum absolute atomic E-state index is 0.561. The zero-order chi connectivity index (χ0) is 10.3. The second kappa shape index (κ2) is 3.62. The lowest BCUT2D eigenvalue weighted by Gasteiger charge is -2.17. The van der Waals surface area contributed by atoms with Gasteiger partial charge in [-0.15, -0.1) is 0 Å². The van der Waals surface area contributed by atoms with Crippen molar-refractivity contribution in [2.24, 2.45) is 5.41 Å². The molecule has 0 N–H and O–H groups in total. The minimum Gasteiger partial charge on any atom is -0.334 e. The quantitative estimate of drug-likeness (QED) is 0.771. The van der Waals surface area contributed by atoms with Gasteiger partial charge in [0.25, 0.3) is 0 Å². The third-order valence-corrected chi connectivity index (χ3v) is 5.05. The Kier molecular flexibility index (Phi) is 2.38. The maximum absolute atomic E-state index is 4.55. The van der Waals surface area contributed by atoms with Crippen LogP contribution in [0.5, 0.6) is 0 Å². The summed E-state index contributed by atoms with van der Waals surface area (Å²) in [7, 11) is 0. The van der Waals surface area contributed by atoms with Crippen molar-refractivity contribution < 1.29 is 0 Å². The van der Waals surface area contributed by atoms with Gasteiger partial charge in [0, 0.05) is 17.6 Å². The van der Waals surface area contributed by atoms with Crippen LogP contribution in [0.15, 0.2) is 6.33 Å². The molecule has 0 unspecified atom stereocenters. The normalized spacial score (nSPS) is 22.5. The third-order valence-electron chi connectivity index (χ3n) is 3.86. The van der Waals surface area contributed by atoms with E-state index < -0.39 is 0 Å². The Morgan fingerprint density at radius 2 is 2.13 bits per heavy atom.